The SMILES string of the molecule is O=C1CC(C(=O)Nc2ccc(Br)cc2Cl)c2ccccc2N1. The first-order chi connectivity index (χ1) is 10.5. The molecule has 0 radical (unpaired) electrons. The van der Waals surface area contributed by atoms with E-state index in [1.54, 1.807) is 24.3 Å². The molecule has 22 heavy (non-hydrogen) atoms. The summed E-state index contributed by atoms with van der Waals surface area (Å²) in [4.78, 5) is 24.3. The highest BCUT2D eigenvalue weighted by atomic mass is 79.9. The Bertz CT molecular complexity index is 764. The van der Waals surface area contributed by atoms with Crippen molar-refractivity contribution in [1.29, 1.82) is 0 Å². The third kappa shape index (κ3) is 3.00. The van der Waals surface area contributed by atoms with E-state index < -0.39 is 5.92 Å². The summed E-state index contributed by atoms with van der Waals surface area (Å²) in [5.74, 6) is -0.933. The van der Waals surface area contributed by atoms with Crippen LogP contribution in [-0.2, 0) is 9.59 Å². The van der Waals surface area contributed by atoms with Gasteiger partial charge >= 0.3 is 0 Å². The molecule has 0 fully saturated rings. The fraction of sp³-hybridized carbons (Fsp3) is 0.125. The molecular weight excluding hydrogens is 368 g/mol. The molecule has 112 valence electrons. The molecule has 2 aromatic carbocycles. The molecule has 0 aliphatic carbocycles. The summed E-state index contributed by atoms with van der Waals surface area (Å²) in [5.41, 5.74) is 2.02. The summed E-state index contributed by atoms with van der Waals surface area (Å²) in [7, 11) is 0. The Morgan fingerprint density at radius 3 is 2.82 bits per heavy atom. The van der Waals surface area contributed by atoms with E-state index in [-0.39, 0.29) is 18.2 Å². The number of halogens is 2. The van der Waals surface area contributed by atoms with Crippen molar-refractivity contribution in [2.45, 2.75) is 12.3 Å². The van der Waals surface area contributed by atoms with E-state index in [2.05, 4.69) is 26.6 Å². The Labute approximate surface area is 141 Å². The van der Waals surface area contributed by atoms with Gasteiger partial charge in [-0.3, -0.25) is 9.59 Å². The zero-order chi connectivity index (χ0) is 15.7. The molecule has 1 aliphatic rings. The largest absolute Gasteiger partial charge is 0.326 e. The van der Waals surface area contributed by atoms with Crippen molar-refractivity contribution in [3.63, 3.8) is 0 Å². The van der Waals surface area contributed by atoms with E-state index in [4.69, 9.17) is 11.6 Å². The van der Waals surface area contributed by atoms with Gasteiger partial charge in [0, 0.05) is 16.6 Å². The Morgan fingerprint density at radius 1 is 1.27 bits per heavy atom. The van der Waals surface area contributed by atoms with Crippen molar-refractivity contribution in [3.05, 3.63) is 57.5 Å². The Hall–Kier alpha value is -1.85. The van der Waals surface area contributed by atoms with Gasteiger partial charge in [-0.2, -0.15) is 0 Å². The summed E-state index contributed by atoms with van der Waals surface area (Å²) in [6.07, 6.45) is 0.122. The van der Waals surface area contributed by atoms with Gasteiger partial charge < -0.3 is 10.6 Å². The third-order valence-electron chi connectivity index (χ3n) is 3.51. The number of nitrogens with one attached hydrogen (secondary N) is 2. The molecular formula is C16H12BrClN2O2. The van der Waals surface area contributed by atoms with Crippen LogP contribution in [0, 0.1) is 0 Å². The summed E-state index contributed by atoms with van der Waals surface area (Å²) in [5, 5.41) is 6.01. The minimum Gasteiger partial charge on any atom is -0.326 e. The van der Waals surface area contributed by atoms with Crippen LogP contribution in [0.3, 0.4) is 0 Å². The number of amides is 2. The number of rotatable bonds is 2. The van der Waals surface area contributed by atoms with Crippen LogP contribution < -0.4 is 10.6 Å². The maximum absolute atomic E-state index is 12.6. The van der Waals surface area contributed by atoms with E-state index in [1.807, 2.05) is 18.2 Å². The first-order valence-corrected chi connectivity index (χ1v) is 7.86. The van der Waals surface area contributed by atoms with Crippen LogP contribution in [0.4, 0.5) is 11.4 Å². The van der Waals surface area contributed by atoms with Gasteiger partial charge in [-0.15, -0.1) is 0 Å². The molecule has 1 heterocycles. The topological polar surface area (TPSA) is 58.2 Å². The average Bonchev–Trinajstić information content (AvgIpc) is 2.49. The fourth-order valence-electron chi connectivity index (χ4n) is 2.46. The van der Waals surface area contributed by atoms with Crippen molar-refractivity contribution in [2.75, 3.05) is 10.6 Å². The Balaban J connectivity index is 1.88. The number of hydrogen-bond donors (Lipinski definition) is 2. The molecule has 1 unspecified atom stereocenters. The predicted octanol–water partition coefficient (Wildman–Crippen LogP) is 4.17. The number of hydrogen-bond acceptors (Lipinski definition) is 2. The van der Waals surface area contributed by atoms with Crippen LogP contribution in [0.2, 0.25) is 5.02 Å². The Kier molecular flexibility index (Phi) is 4.18. The highest BCUT2D eigenvalue weighted by molar-refractivity contribution is 9.10. The Morgan fingerprint density at radius 2 is 2.05 bits per heavy atom. The van der Waals surface area contributed by atoms with Crippen molar-refractivity contribution >= 4 is 50.7 Å². The molecule has 3 rings (SSSR count). The van der Waals surface area contributed by atoms with Gasteiger partial charge in [-0.1, -0.05) is 45.7 Å². The third-order valence-corrected chi connectivity index (χ3v) is 4.31. The van der Waals surface area contributed by atoms with Crippen molar-refractivity contribution in [1.82, 2.24) is 0 Å². The summed E-state index contributed by atoms with van der Waals surface area (Å²) < 4.78 is 0.831. The molecule has 2 aromatic rings. The van der Waals surface area contributed by atoms with Gasteiger partial charge in [-0.05, 0) is 29.8 Å². The molecule has 6 heteroatoms. The van der Waals surface area contributed by atoms with E-state index in [9.17, 15) is 9.59 Å². The lowest BCUT2D eigenvalue weighted by atomic mass is 9.90. The number of para-hydroxylation sites is 1. The molecule has 1 atom stereocenters. The zero-order valence-electron chi connectivity index (χ0n) is 11.4. The minimum atomic E-state index is -0.523. The second-order valence-electron chi connectivity index (χ2n) is 5.01. The van der Waals surface area contributed by atoms with E-state index in [0.29, 0.717) is 16.4 Å². The highest BCUT2D eigenvalue weighted by Gasteiger charge is 2.30. The minimum absolute atomic E-state index is 0.122. The number of anilines is 2. The molecule has 2 amide bonds. The molecule has 0 saturated carbocycles. The molecule has 1 aliphatic heterocycles. The molecule has 0 bridgehead atoms. The number of carbonyl (C=O) groups is 2. The summed E-state index contributed by atoms with van der Waals surface area (Å²) in [6, 6.07) is 12.5. The van der Waals surface area contributed by atoms with E-state index >= 15 is 0 Å². The van der Waals surface area contributed by atoms with E-state index in [0.717, 1.165) is 10.0 Å². The van der Waals surface area contributed by atoms with Crippen LogP contribution >= 0.6 is 27.5 Å². The first kappa shape index (κ1) is 15.1. The number of carbonyl (C=O) groups excluding carboxylic acids is 2. The summed E-state index contributed by atoms with van der Waals surface area (Å²) >= 11 is 9.44. The molecule has 2 N–H and O–H groups in total. The second-order valence-corrected chi connectivity index (χ2v) is 6.33. The van der Waals surface area contributed by atoms with Crippen molar-refractivity contribution in [2.24, 2.45) is 0 Å². The number of fused-ring (bicyclic) bond motifs is 1. The zero-order valence-corrected chi connectivity index (χ0v) is 13.7. The molecule has 0 spiro atoms. The molecule has 4 nitrogen and oxygen atoms in total. The van der Waals surface area contributed by atoms with E-state index in [1.165, 1.54) is 0 Å². The monoisotopic (exact) mass is 378 g/mol. The van der Waals surface area contributed by atoms with Gasteiger partial charge in [0.05, 0.1) is 16.6 Å². The van der Waals surface area contributed by atoms with Gasteiger partial charge in [0.2, 0.25) is 11.8 Å². The van der Waals surface area contributed by atoms with Gasteiger partial charge in [0.1, 0.15) is 0 Å². The normalized spacial score (nSPS) is 16.6. The quantitative estimate of drug-likeness (QED) is 0.823. The summed E-state index contributed by atoms with van der Waals surface area (Å²) in [6.45, 7) is 0. The first-order valence-electron chi connectivity index (χ1n) is 6.69. The molecule has 0 saturated heterocycles. The highest BCUT2D eigenvalue weighted by Crippen LogP contribution is 2.34. The van der Waals surface area contributed by atoms with Gasteiger partial charge in [-0.25, -0.2) is 0 Å². The maximum atomic E-state index is 12.6. The maximum Gasteiger partial charge on any atom is 0.232 e. The average molecular weight is 380 g/mol. The van der Waals surface area contributed by atoms with Crippen LogP contribution in [0.25, 0.3) is 0 Å². The van der Waals surface area contributed by atoms with Crippen LogP contribution in [-0.4, -0.2) is 11.8 Å². The lowest BCUT2D eigenvalue weighted by Gasteiger charge is -2.24. The van der Waals surface area contributed by atoms with Crippen LogP contribution in [0.5, 0.6) is 0 Å². The van der Waals surface area contributed by atoms with Crippen LogP contribution in [0.15, 0.2) is 46.9 Å². The number of benzene rings is 2. The smallest absolute Gasteiger partial charge is 0.232 e. The van der Waals surface area contributed by atoms with Crippen molar-refractivity contribution in [3.8, 4) is 0 Å². The molecule has 0 aromatic heterocycles. The van der Waals surface area contributed by atoms with Gasteiger partial charge in [0.15, 0.2) is 0 Å². The second kappa shape index (κ2) is 6.10. The van der Waals surface area contributed by atoms with Crippen molar-refractivity contribution < 1.29 is 9.59 Å². The van der Waals surface area contributed by atoms with Gasteiger partial charge in [0.25, 0.3) is 0 Å². The fourth-order valence-corrected chi connectivity index (χ4v) is 3.18. The predicted molar refractivity (Wildman–Crippen MR) is 90.2 cm³/mol. The lowest BCUT2D eigenvalue weighted by Crippen LogP contribution is -2.30. The lowest BCUT2D eigenvalue weighted by molar-refractivity contribution is -0.123. The van der Waals surface area contributed by atoms with Crippen LogP contribution in [0.1, 0.15) is 17.9 Å². The standard InChI is InChI=1S/C16H12BrClN2O2/c17-9-5-6-14(12(18)7-9)20-16(22)11-8-15(21)19-13-4-2-1-3-10(11)13/h1-7,11H,8H2,(H,19,21)(H,20,22).